The third-order valence-electron chi connectivity index (χ3n) is 3.04. The number of nitrogens with two attached hydrogens (primary N) is 1. The molecular formula is C16H16BrN3OS. The fourth-order valence-corrected chi connectivity index (χ4v) is 2.35. The summed E-state index contributed by atoms with van der Waals surface area (Å²) < 4.78 is 1.07. The van der Waals surface area contributed by atoms with Crippen molar-refractivity contribution in [2.24, 2.45) is 5.73 Å². The Labute approximate surface area is 143 Å². The molecule has 0 aliphatic carbocycles. The van der Waals surface area contributed by atoms with Crippen molar-refractivity contribution < 1.29 is 4.79 Å². The molecule has 0 aliphatic rings. The Bertz CT molecular complexity index is 656. The van der Waals surface area contributed by atoms with Crippen molar-refractivity contribution in [1.29, 1.82) is 0 Å². The number of nitrogens with one attached hydrogen (secondary N) is 2. The highest BCUT2D eigenvalue weighted by molar-refractivity contribution is 9.10. The minimum Gasteiger partial charge on any atom is -0.366 e. The van der Waals surface area contributed by atoms with E-state index in [1.807, 2.05) is 12.1 Å². The molecular weight excluding hydrogens is 362 g/mol. The van der Waals surface area contributed by atoms with Crippen LogP contribution in [0.25, 0.3) is 0 Å². The Kier molecular flexibility index (Phi) is 5.91. The highest BCUT2D eigenvalue weighted by Gasteiger charge is 2.01. The van der Waals surface area contributed by atoms with E-state index >= 15 is 0 Å². The number of hydrogen-bond acceptors (Lipinski definition) is 2. The number of hydrogen-bond donors (Lipinski definition) is 3. The molecule has 0 atom stereocenters. The number of benzene rings is 2. The van der Waals surface area contributed by atoms with E-state index in [2.05, 4.69) is 38.7 Å². The van der Waals surface area contributed by atoms with Crippen LogP contribution in [0.15, 0.2) is 53.0 Å². The largest absolute Gasteiger partial charge is 0.366 e. The molecule has 4 nitrogen and oxygen atoms in total. The second kappa shape index (κ2) is 7.91. The predicted octanol–water partition coefficient (Wildman–Crippen LogP) is 3.08. The van der Waals surface area contributed by atoms with Crippen molar-refractivity contribution in [3.8, 4) is 0 Å². The van der Waals surface area contributed by atoms with Gasteiger partial charge in [0.25, 0.3) is 0 Å². The van der Waals surface area contributed by atoms with E-state index in [9.17, 15) is 4.79 Å². The van der Waals surface area contributed by atoms with Gasteiger partial charge in [0.2, 0.25) is 5.91 Å². The molecule has 6 heteroatoms. The quantitative estimate of drug-likeness (QED) is 0.700. The van der Waals surface area contributed by atoms with E-state index in [0.29, 0.717) is 10.7 Å². The first-order valence-electron chi connectivity index (χ1n) is 6.74. The molecule has 0 unspecified atom stereocenters. The SMILES string of the molecule is NC(=O)c1ccc(NC(=S)NCCc2ccc(Br)cc2)cc1. The van der Waals surface area contributed by atoms with E-state index in [-0.39, 0.29) is 0 Å². The topological polar surface area (TPSA) is 67.2 Å². The highest BCUT2D eigenvalue weighted by Crippen LogP contribution is 2.11. The summed E-state index contributed by atoms with van der Waals surface area (Å²) in [5.41, 5.74) is 7.72. The first kappa shape index (κ1) is 16.5. The van der Waals surface area contributed by atoms with Gasteiger partial charge in [0.05, 0.1) is 0 Å². The lowest BCUT2D eigenvalue weighted by Crippen LogP contribution is -2.30. The van der Waals surface area contributed by atoms with E-state index < -0.39 is 5.91 Å². The molecule has 114 valence electrons. The molecule has 0 saturated carbocycles. The fraction of sp³-hybridized carbons (Fsp3) is 0.125. The predicted molar refractivity (Wildman–Crippen MR) is 97.0 cm³/mol. The van der Waals surface area contributed by atoms with E-state index in [0.717, 1.165) is 23.1 Å². The van der Waals surface area contributed by atoms with Gasteiger partial charge in [0, 0.05) is 22.3 Å². The van der Waals surface area contributed by atoms with Crippen LogP contribution in [0.2, 0.25) is 0 Å². The first-order valence-corrected chi connectivity index (χ1v) is 7.94. The summed E-state index contributed by atoms with van der Waals surface area (Å²) in [7, 11) is 0. The zero-order chi connectivity index (χ0) is 15.9. The summed E-state index contributed by atoms with van der Waals surface area (Å²) in [5.74, 6) is -0.443. The number of carbonyl (C=O) groups excluding carboxylic acids is 1. The van der Waals surface area contributed by atoms with Crippen LogP contribution in [0.5, 0.6) is 0 Å². The van der Waals surface area contributed by atoms with Gasteiger partial charge in [0.15, 0.2) is 5.11 Å². The Morgan fingerprint density at radius 3 is 2.32 bits per heavy atom. The Morgan fingerprint density at radius 2 is 1.73 bits per heavy atom. The summed E-state index contributed by atoms with van der Waals surface area (Å²) >= 11 is 8.65. The third kappa shape index (κ3) is 5.13. The van der Waals surface area contributed by atoms with Crippen molar-refractivity contribution in [2.75, 3.05) is 11.9 Å². The number of anilines is 1. The lowest BCUT2D eigenvalue weighted by atomic mass is 10.1. The number of carbonyl (C=O) groups is 1. The lowest BCUT2D eigenvalue weighted by molar-refractivity contribution is 0.100. The van der Waals surface area contributed by atoms with Gasteiger partial charge in [-0.25, -0.2) is 0 Å². The van der Waals surface area contributed by atoms with Gasteiger partial charge in [0.1, 0.15) is 0 Å². The van der Waals surface area contributed by atoms with Gasteiger partial charge < -0.3 is 16.4 Å². The van der Waals surface area contributed by atoms with E-state index in [1.54, 1.807) is 24.3 Å². The van der Waals surface area contributed by atoms with E-state index in [1.165, 1.54) is 5.56 Å². The molecule has 4 N–H and O–H groups in total. The summed E-state index contributed by atoms with van der Waals surface area (Å²) in [6.45, 7) is 0.743. The molecule has 0 bridgehead atoms. The standard InChI is InChI=1S/C16H16BrN3OS/c17-13-5-1-11(2-6-13)9-10-19-16(22)20-14-7-3-12(4-8-14)15(18)21/h1-8H,9-10H2,(H2,18,21)(H2,19,20,22). The zero-order valence-corrected chi connectivity index (χ0v) is 14.2. The average Bonchev–Trinajstić information content (AvgIpc) is 2.50. The monoisotopic (exact) mass is 377 g/mol. The van der Waals surface area contributed by atoms with Gasteiger partial charge in [-0.1, -0.05) is 28.1 Å². The molecule has 0 aromatic heterocycles. The maximum atomic E-state index is 11.0. The molecule has 1 amide bonds. The first-order chi connectivity index (χ1) is 10.5. The number of rotatable bonds is 5. The summed E-state index contributed by atoms with van der Waals surface area (Å²) in [6.07, 6.45) is 0.885. The number of halogens is 1. The molecule has 0 fully saturated rings. The van der Waals surface area contributed by atoms with E-state index in [4.69, 9.17) is 18.0 Å². The van der Waals surface area contributed by atoms with Crippen LogP contribution >= 0.6 is 28.1 Å². The average molecular weight is 378 g/mol. The van der Waals surface area contributed by atoms with Gasteiger partial charge in [-0.15, -0.1) is 0 Å². The van der Waals surface area contributed by atoms with Crippen molar-refractivity contribution in [3.63, 3.8) is 0 Å². The molecule has 2 rings (SSSR count). The molecule has 0 radical (unpaired) electrons. The van der Waals surface area contributed by atoms with Crippen molar-refractivity contribution >= 4 is 44.9 Å². The molecule has 0 heterocycles. The second-order valence-corrected chi connectivity index (χ2v) is 6.02. The number of amides is 1. The van der Waals surface area contributed by atoms with Crippen molar-refractivity contribution in [1.82, 2.24) is 5.32 Å². The highest BCUT2D eigenvalue weighted by atomic mass is 79.9. The number of thiocarbonyl (C=S) groups is 1. The Balaban J connectivity index is 1.77. The maximum Gasteiger partial charge on any atom is 0.248 e. The summed E-state index contributed by atoms with van der Waals surface area (Å²) in [6, 6.07) is 15.0. The fourth-order valence-electron chi connectivity index (χ4n) is 1.86. The van der Waals surface area contributed by atoms with Crippen molar-refractivity contribution in [3.05, 3.63) is 64.1 Å². The van der Waals surface area contributed by atoms with Gasteiger partial charge >= 0.3 is 0 Å². The zero-order valence-electron chi connectivity index (χ0n) is 11.8. The van der Waals surface area contributed by atoms with Gasteiger partial charge in [-0.3, -0.25) is 4.79 Å². The molecule has 0 spiro atoms. The Morgan fingerprint density at radius 1 is 1.09 bits per heavy atom. The normalized spacial score (nSPS) is 10.0. The molecule has 2 aromatic carbocycles. The molecule has 2 aromatic rings. The summed E-state index contributed by atoms with van der Waals surface area (Å²) in [5, 5.41) is 6.76. The minimum atomic E-state index is -0.443. The lowest BCUT2D eigenvalue weighted by Gasteiger charge is -2.11. The second-order valence-electron chi connectivity index (χ2n) is 4.70. The minimum absolute atomic E-state index is 0.443. The number of primary amides is 1. The van der Waals surface area contributed by atoms with Crippen LogP contribution < -0.4 is 16.4 Å². The van der Waals surface area contributed by atoms with Crippen LogP contribution in [0.1, 0.15) is 15.9 Å². The molecule has 0 aliphatic heterocycles. The van der Waals surface area contributed by atoms with Crippen LogP contribution in [-0.2, 0) is 6.42 Å². The van der Waals surface area contributed by atoms with Gasteiger partial charge in [-0.2, -0.15) is 0 Å². The third-order valence-corrected chi connectivity index (χ3v) is 3.81. The van der Waals surface area contributed by atoms with Gasteiger partial charge in [-0.05, 0) is 60.6 Å². The van der Waals surface area contributed by atoms with Crippen LogP contribution in [-0.4, -0.2) is 17.6 Å². The summed E-state index contributed by atoms with van der Waals surface area (Å²) in [4.78, 5) is 11.0. The smallest absolute Gasteiger partial charge is 0.248 e. The van der Waals surface area contributed by atoms with Crippen LogP contribution in [0.4, 0.5) is 5.69 Å². The maximum absolute atomic E-state index is 11.0. The van der Waals surface area contributed by atoms with Crippen LogP contribution in [0.3, 0.4) is 0 Å². The Hall–Kier alpha value is -1.92. The van der Waals surface area contributed by atoms with Crippen LogP contribution in [0, 0.1) is 0 Å². The molecule has 22 heavy (non-hydrogen) atoms. The molecule has 0 saturated heterocycles. The van der Waals surface area contributed by atoms with Crippen molar-refractivity contribution in [2.45, 2.75) is 6.42 Å².